The lowest BCUT2D eigenvalue weighted by Gasteiger charge is -2.53. The lowest BCUT2D eigenvalue weighted by Crippen LogP contribution is -2.58. The molecule has 2 amide bonds. The third-order valence-electron chi connectivity index (χ3n) is 7.12. The van der Waals surface area contributed by atoms with Crippen molar-refractivity contribution < 1.29 is 9.53 Å². The Morgan fingerprint density at radius 1 is 1.23 bits per heavy atom. The molecule has 2 saturated heterocycles. The van der Waals surface area contributed by atoms with E-state index in [0.29, 0.717) is 6.54 Å². The van der Waals surface area contributed by atoms with Gasteiger partial charge >= 0.3 is 6.03 Å². The molecule has 1 unspecified atom stereocenters. The van der Waals surface area contributed by atoms with E-state index in [9.17, 15) is 4.79 Å². The van der Waals surface area contributed by atoms with Gasteiger partial charge < -0.3 is 24.4 Å². The standard InChI is InChI=1S/C24H32N4O2/c1-3-28-21-16-18(2)8-9-20(21)27-12-4-7-22(27)24(28)10-13-26(14-11-24)23(29)25-17-19-6-5-15-30-19/h4,7-9,12,16,19H,3,5-6,10-11,13-15,17H2,1-2H3,(H,25,29). The van der Waals surface area contributed by atoms with Crippen molar-refractivity contribution in [2.24, 2.45) is 0 Å². The molecule has 3 aliphatic heterocycles. The zero-order valence-electron chi connectivity index (χ0n) is 18.1. The van der Waals surface area contributed by atoms with Crippen molar-refractivity contribution in [3.63, 3.8) is 0 Å². The van der Waals surface area contributed by atoms with Crippen molar-refractivity contribution in [3.05, 3.63) is 47.8 Å². The van der Waals surface area contributed by atoms with Crippen LogP contribution in [0.2, 0.25) is 0 Å². The Balaban J connectivity index is 1.37. The van der Waals surface area contributed by atoms with Gasteiger partial charge in [-0.2, -0.15) is 0 Å². The molecule has 1 aromatic carbocycles. The van der Waals surface area contributed by atoms with Crippen molar-refractivity contribution >= 4 is 11.7 Å². The number of fused-ring (bicyclic) bond motifs is 4. The number of ether oxygens (including phenoxy) is 1. The van der Waals surface area contributed by atoms with Crippen LogP contribution < -0.4 is 10.2 Å². The number of piperidine rings is 1. The molecule has 4 heterocycles. The highest BCUT2D eigenvalue weighted by molar-refractivity contribution is 5.75. The van der Waals surface area contributed by atoms with Gasteiger partial charge in [0.1, 0.15) is 0 Å². The maximum Gasteiger partial charge on any atom is 0.317 e. The van der Waals surface area contributed by atoms with Crippen LogP contribution in [0, 0.1) is 6.92 Å². The molecule has 0 aliphatic carbocycles. The normalized spacial score (nSPS) is 22.1. The SMILES string of the molecule is CCN1c2cc(C)ccc2-n2cccc2C12CCN(C(=O)NCC1CCCO1)CC2. The number of aryl methyl sites for hydroxylation is 1. The largest absolute Gasteiger partial charge is 0.376 e. The van der Waals surface area contributed by atoms with Crippen LogP contribution in [-0.4, -0.2) is 54.4 Å². The summed E-state index contributed by atoms with van der Waals surface area (Å²) in [6.45, 7) is 8.32. The van der Waals surface area contributed by atoms with Crippen molar-refractivity contribution in [1.82, 2.24) is 14.8 Å². The number of urea groups is 1. The van der Waals surface area contributed by atoms with E-state index in [1.54, 1.807) is 0 Å². The third-order valence-corrected chi connectivity index (χ3v) is 7.12. The zero-order valence-corrected chi connectivity index (χ0v) is 18.1. The Kier molecular flexibility index (Phi) is 4.97. The van der Waals surface area contributed by atoms with Crippen LogP contribution in [0.4, 0.5) is 10.5 Å². The van der Waals surface area contributed by atoms with E-state index in [1.165, 1.54) is 22.6 Å². The van der Waals surface area contributed by atoms with Gasteiger partial charge in [0.25, 0.3) is 0 Å². The van der Waals surface area contributed by atoms with Gasteiger partial charge in [0.15, 0.2) is 0 Å². The zero-order chi connectivity index (χ0) is 20.7. The van der Waals surface area contributed by atoms with Gasteiger partial charge in [-0.1, -0.05) is 6.07 Å². The molecule has 5 rings (SSSR count). The molecule has 6 heteroatoms. The number of likely N-dealkylation sites (tertiary alicyclic amines) is 1. The first kappa shape index (κ1) is 19.5. The third kappa shape index (κ3) is 3.09. The van der Waals surface area contributed by atoms with Crippen molar-refractivity contribution in [2.75, 3.05) is 37.7 Å². The smallest absolute Gasteiger partial charge is 0.317 e. The Bertz CT molecular complexity index is 923. The topological polar surface area (TPSA) is 49.7 Å². The monoisotopic (exact) mass is 408 g/mol. The fourth-order valence-corrected chi connectivity index (χ4v) is 5.59. The summed E-state index contributed by atoms with van der Waals surface area (Å²) in [6, 6.07) is 11.2. The number of hydrogen-bond acceptors (Lipinski definition) is 3. The highest BCUT2D eigenvalue weighted by atomic mass is 16.5. The molecule has 3 aliphatic rings. The van der Waals surface area contributed by atoms with Gasteiger partial charge in [-0.3, -0.25) is 0 Å². The molecule has 2 fully saturated rings. The van der Waals surface area contributed by atoms with E-state index in [-0.39, 0.29) is 17.7 Å². The Morgan fingerprint density at radius 3 is 2.80 bits per heavy atom. The molecule has 2 aromatic rings. The fourth-order valence-electron chi connectivity index (χ4n) is 5.59. The molecule has 160 valence electrons. The van der Waals surface area contributed by atoms with Crippen LogP contribution in [0.5, 0.6) is 0 Å². The molecule has 30 heavy (non-hydrogen) atoms. The van der Waals surface area contributed by atoms with E-state index < -0.39 is 0 Å². The predicted molar refractivity (Wildman–Crippen MR) is 118 cm³/mol. The highest BCUT2D eigenvalue weighted by Crippen LogP contribution is 2.48. The van der Waals surface area contributed by atoms with Crippen LogP contribution in [0.25, 0.3) is 5.69 Å². The number of benzene rings is 1. The van der Waals surface area contributed by atoms with Crippen molar-refractivity contribution in [1.29, 1.82) is 0 Å². The van der Waals surface area contributed by atoms with E-state index in [0.717, 1.165) is 51.9 Å². The first-order valence-corrected chi connectivity index (χ1v) is 11.3. The number of hydrogen-bond donors (Lipinski definition) is 1. The number of amides is 2. The quantitative estimate of drug-likeness (QED) is 0.840. The minimum absolute atomic E-state index is 0.0471. The number of aromatic nitrogens is 1. The summed E-state index contributed by atoms with van der Waals surface area (Å²) in [4.78, 5) is 17.3. The van der Waals surface area contributed by atoms with Crippen LogP contribution in [-0.2, 0) is 10.3 Å². The summed E-state index contributed by atoms with van der Waals surface area (Å²) >= 11 is 0. The summed E-state index contributed by atoms with van der Waals surface area (Å²) in [5.74, 6) is 0. The summed E-state index contributed by atoms with van der Waals surface area (Å²) in [7, 11) is 0. The van der Waals surface area contributed by atoms with Gasteiger partial charge in [0.2, 0.25) is 0 Å². The Hall–Kier alpha value is -2.47. The first-order valence-electron chi connectivity index (χ1n) is 11.3. The van der Waals surface area contributed by atoms with E-state index in [1.807, 2.05) is 4.90 Å². The molecule has 0 saturated carbocycles. The maximum absolute atomic E-state index is 12.8. The molecular formula is C24H32N4O2. The second-order valence-corrected chi connectivity index (χ2v) is 8.84. The molecule has 1 aromatic heterocycles. The van der Waals surface area contributed by atoms with Gasteiger partial charge in [-0.15, -0.1) is 0 Å². The lowest BCUT2D eigenvalue weighted by atomic mass is 9.80. The van der Waals surface area contributed by atoms with Crippen LogP contribution in [0.1, 0.15) is 43.9 Å². The minimum atomic E-state index is -0.0651. The van der Waals surface area contributed by atoms with E-state index >= 15 is 0 Å². The number of nitrogens with one attached hydrogen (secondary N) is 1. The summed E-state index contributed by atoms with van der Waals surface area (Å²) in [6.07, 6.45) is 6.38. The second-order valence-electron chi connectivity index (χ2n) is 8.84. The number of rotatable bonds is 3. The van der Waals surface area contributed by atoms with Crippen molar-refractivity contribution in [2.45, 2.75) is 51.2 Å². The number of carbonyl (C=O) groups excluding carboxylic acids is 1. The maximum atomic E-state index is 12.8. The average Bonchev–Trinajstić information content (AvgIpc) is 3.45. The van der Waals surface area contributed by atoms with Gasteiger partial charge in [0, 0.05) is 44.7 Å². The molecule has 1 spiro atoms. The van der Waals surface area contributed by atoms with Crippen LogP contribution in [0.15, 0.2) is 36.5 Å². The van der Waals surface area contributed by atoms with E-state index in [4.69, 9.17) is 4.74 Å². The minimum Gasteiger partial charge on any atom is -0.376 e. The van der Waals surface area contributed by atoms with Crippen LogP contribution in [0.3, 0.4) is 0 Å². The molecule has 1 N–H and O–H groups in total. The molecule has 0 bridgehead atoms. The van der Waals surface area contributed by atoms with Crippen LogP contribution >= 0.6 is 0 Å². The second kappa shape index (κ2) is 7.65. The Morgan fingerprint density at radius 2 is 2.07 bits per heavy atom. The van der Waals surface area contributed by atoms with E-state index in [2.05, 4.69) is 65.2 Å². The first-order chi connectivity index (χ1) is 14.6. The highest BCUT2D eigenvalue weighted by Gasteiger charge is 2.46. The molecule has 1 atom stereocenters. The number of carbonyl (C=O) groups is 1. The van der Waals surface area contributed by atoms with Gasteiger partial charge in [-0.25, -0.2) is 4.79 Å². The molecule has 0 radical (unpaired) electrons. The van der Waals surface area contributed by atoms with Crippen molar-refractivity contribution in [3.8, 4) is 5.69 Å². The summed E-state index contributed by atoms with van der Waals surface area (Å²) in [5, 5.41) is 3.09. The summed E-state index contributed by atoms with van der Waals surface area (Å²) < 4.78 is 8.00. The lowest BCUT2D eigenvalue weighted by molar-refractivity contribution is 0.105. The Labute approximate surface area is 178 Å². The predicted octanol–water partition coefficient (Wildman–Crippen LogP) is 3.81. The molecule has 6 nitrogen and oxygen atoms in total. The van der Waals surface area contributed by atoms with Gasteiger partial charge in [-0.05, 0) is 69.4 Å². The molecular weight excluding hydrogens is 376 g/mol. The average molecular weight is 409 g/mol. The fraction of sp³-hybridized carbons (Fsp3) is 0.542. The number of anilines is 1. The number of nitrogens with zero attached hydrogens (tertiary/aromatic N) is 3. The van der Waals surface area contributed by atoms with Gasteiger partial charge in [0.05, 0.1) is 23.0 Å². The summed E-state index contributed by atoms with van der Waals surface area (Å²) in [5.41, 5.74) is 5.12.